The van der Waals surface area contributed by atoms with Crippen LogP contribution in [0.5, 0.6) is 0 Å². The van der Waals surface area contributed by atoms with Crippen LogP contribution in [0.1, 0.15) is 27.2 Å². The molecule has 0 radical (unpaired) electrons. The van der Waals surface area contributed by atoms with Crippen molar-refractivity contribution in [2.45, 2.75) is 44.9 Å². The summed E-state index contributed by atoms with van der Waals surface area (Å²) < 4.78 is 10.5. The van der Waals surface area contributed by atoms with Gasteiger partial charge >= 0.3 is 6.09 Å². The summed E-state index contributed by atoms with van der Waals surface area (Å²) in [7, 11) is 1.65. The standard InChI is InChI=1S/C11H22N2O3/c1-11(2,3)16-10(14)13-6-5-9(15-4)8(12)7-13/h8-9H,5-7,12H2,1-4H3/t8-,9+/m1/s1. The van der Waals surface area contributed by atoms with E-state index in [9.17, 15) is 4.79 Å². The van der Waals surface area contributed by atoms with Crippen LogP contribution in [-0.4, -0.2) is 48.9 Å². The average Bonchev–Trinajstić information content (AvgIpc) is 2.15. The number of hydrogen-bond donors (Lipinski definition) is 1. The molecular weight excluding hydrogens is 208 g/mol. The molecule has 5 heteroatoms. The van der Waals surface area contributed by atoms with E-state index < -0.39 is 5.60 Å². The maximum Gasteiger partial charge on any atom is 0.410 e. The van der Waals surface area contributed by atoms with Crippen LogP contribution in [0.25, 0.3) is 0 Å². The first kappa shape index (κ1) is 13.3. The van der Waals surface area contributed by atoms with Crippen LogP contribution in [0, 0.1) is 0 Å². The van der Waals surface area contributed by atoms with E-state index in [0.717, 1.165) is 6.42 Å². The fourth-order valence-electron chi connectivity index (χ4n) is 1.75. The van der Waals surface area contributed by atoms with E-state index in [1.54, 1.807) is 12.0 Å². The maximum atomic E-state index is 11.8. The number of amides is 1. The van der Waals surface area contributed by atoms with E-state index in [0.29, 0.717) is 13.1 Å². The summed E-state index contributed by atoms with van der Waals surface area (Å²) in [6.45, 7) is 6.70. The molecule has 0 aromatic carbocycles. The van der Waals surface area contributed by atoms with Crippen LogP contribution < -0.4 is 5.73 Å². The van der Waals surface area contributed by atoms with Crippen molar-refractivity contribution in [2.75, 3.05) is 20.2 Å². The highest BCUT2D eigenvalue weighted by Gasteiger charge is 2.31. The van der Waals surface area contributed by atoms with Gasteiger partial charge in [-0.2, -0.15) is 0 Å². The number of nitrogens with two attached hydrogens (primary N) is 1. The number of likely N-dealkylation sites (tertiary alicyclic amines) is 1. The molecule has 5 nitrogen and oxygen atoms in total. The molecule has 0 aliphatic carbocycles. The van der Waals surface area contributed by atoms with Crippen molar-refractivity contribution >= 4 is 6.09 Å². The monoisotopic (exact) mass is 230 g/mol. The van der Waals surface area contributed by atoms with E-state index >= 15 is 0 Å². The van der Waals surface area contributed by atoms with Crippen LogP contribution in [0.15, 0.2) is 0 Å². The van der Waals surface area contributed by atoms with Crippen LogP contribution in [0.2, 0.25) is 0 Å². The lowest BCUT2D eigenvalue weighted by Gasteiger charge is -2.36. The Hall–Kier alpha value is -0.810. The number of carbonyl (C=O) groups excluding carboxylic acids is 1. The normalized spacial score (nSPS) is 26.7. The molecule has 1 heterocycles. The lowest BCUT2D eigenvalue weighted by Crippen LogP contribution is -2.54. The molecule has 1 saturated heterocycles. The second-order valence-corrected chi connectivity index (χ2v) is 5.15. The van der Waals surface area contributed by atoms with Gasteiger partial charge in [0.05, 0.1) is 6.10 Å². The van der Waals surface area contributed by atoms with Gasteiger partial charge in [0.1, 0.15) is 5.60 Å². The molecule has 2 atom stereocenters. The quantitative estimate of drug-likeness (QED) is 0.729. The first-order chi connectivity index (χ1) is 7.33. The smallest absolute Gasteiger partial charge is 0.410 e. The topological polar surface area (TPSA) is 64.8 Å². The Kier molecular flexibility index (Phi) is 4.15. The Morgan fingerprint density at radius 2 is 2.06 bits per heavy atom. The lowest BCUT2D eigenvalue weighted by atomic mass is 10.0. The zero-order valence-corrected chi connectivity index (χ0v) is 10.5. The number of piperidine rings is 1. The second-order valence-electron chi connectivity index (χ2n) is 5.15. The van der Waals surface area contributed by atoms with Gasteiger partial charge in [-0.05, 0) is 27.2 Å². The van der Waals surface area contributed by atoms with Crippen molar-refractivity contribution in [3.05, 3.63) is 0 Å². The van der Waals surface area contributed by atoms with E-state index in [-0.39, 0.29) is 18.2 Å². The number of rotatable bonds is 1. The number of ether oxygens (including phenoxy) is 2. The van der Waals surface area contributed by atoms with E-state index in [1.165, 1.54) is 0 Å². The van der Waals surface area contributed by atoms with Gasteiger partial charge < -0.3 is 20.1 Å². The van der Waals surface area contributed by atoms with Gasteiger partial charge in [-0.3, -0.25) is 0 Å². The zero-order valence-electron chi connectivity index (χ0n) is 10.5. The molecular formula is C11H22N2O3. The van der Waals surface area contributed by atoms with E-state index in [1.807, 2.05) is 20.8 Å². The minimum atomic E-state index is -0.459. The second kappa shape index (κ2) is 5.01. The summed E-state index contributed by atoms with van der Waals surface area (Å²) in [6.07, 6.45) is 0.507. The van der Waals surface area contributed by atoms with Gasteiger partial charge in [-0.25, -0.2) is 4.79 Å². The maximum absolute atomic E-state index is 11.8. The summed E-state index contributed by atoms with van der Waals surface area (Å²) in [5.41, 5.74) is 5.45. The van der Waals surface area contributed by atoms with E-state index in [4.69, 9.17) is 15.2 Å². The summed E-state index contributed by atoms with van der Waals surface area (Å²) in [4.78, 5) is 13.4. The third-order valence-corrected chi connectivity index (χ3v) is 2.55. The summed E-state index contributed by atoms with van der Waals surface area (Å²) in [6, 6.07) is -0.133. The molecule has 0 spiro atoms. The van der Waals surface area contributed by atoms with Crippen LogP contribution in [0.3, 0.4) is 0 Å². The van der Waals surface area contributed by atoms with Gasteiger partial charge in [0, 0.05) is 26.2 Å². The Morgan fingerprint density at radius 3 is 2.50 bits per heavy atom. The molecule has 0 aromatic heterocycles. The number of carbonyl (C=O) groups is 1. The molecule has 0 bridgehead atoms. The molecule has 1 amide bonds. The highest BCUT2D eigenvalue weighted by atomic mass is 16.6. The van der Waals surface area contributed by atoms with Crippen LogP contribution in [0.4, 0.5) is 4.79 Å². The molecule has 94 valence electrons. The van der Waals surface area contributed by atoms with Gasteiger partial charge in [0.2, 0.25) is 0 Å². The fourth-order valence-corrected chi connectivity index (χ4v) is 1.75. The molecule has 16 heavy (non-hydrogen) atoms. The highest BCUT2D eigenvalue weighted by molar-refractivity contribution is 5.68. The Balaban J connectivity index is 2.48. The molecule has 0 saturated carbocycles. The zero-order chi connectivity index (χ0) is 12.3. The van der Waals surface area contributed by atoms with Crippen molar-refractivity contribution < 1.29 is 14.3 Å². The summed E-state index contributed by atoms with van der Waals surface area (Å²) >= 11 is 0. The SMILES string of the molecule is CO[C@H]1CCN(C(=O)OC(C)(C)C)C[C@H]1N. The predicted molar refractivity (Wildman–Crippen MR) is 61.2 cm³/mol. The van der Waals surface area contributed by atoms with E-state index in [2.05, 4.69) is 0 Å². The largest absolute Gasteiger partial charge is 0.444 e. The third kappa shape index (κ3) is 3.64. The molecule has 1 rings (SSSR count). The Labute approximate surface area is 96.9 Å². The predicted octanol–water partition coefficient (Wildman–Crippen LogP) is 0.970. The number of nitrogens with zero attached hydrogens (tertiary/aromatic N) is 1. The van der Waals surface area contributed by atoms with Crippen LogP contribution >= 0.6 is 0 Å². The molecule has 1 aliphatic rings. The average molecular weight is 230 g/mol. The van der Waals surface area contributed by atoms with Crippen molar-refractivity contribution in [3.63, 3.8) is 0 Å². The molecule has 0 unspecified atom stereocenters. The van der Waals surface area contributed by atoms with Crippen molar-refractivity contribution in [3.8, 4) is 0 Å². The fraction of sp³-hybridized carbons (Fsp3) is 0.909. The van der Waals surface area contributed by atoms with Crippen molar-refractivity contribution in [2.24, 2.45) is 5.73 Å². The van der Waals surface area contributed by atoms with Crippen molar-refractivity contribution in [1.29, 1.82) is 0 Å². The molecule has 2 N–H and O–H groups in total. The summed E-state index contributed by atoms with van der Waals surface area (Å²) in [5.74, 6) is 0. The number of methoxy groups -OCH3 is 1. The molecule has 0 aromatic rings. The Morgan fingerprint density at radius 1 is 1.44 bits per heavy atom. The molecule has 1 fully saturated rings. The minimum Gasteiger partial charge on any atom is -0.444 e. The van der Waals surface area contributed by atoms with Gasteiger partial charge in [0.15, 0.2) is 0 Å². The summed E-state index contributed by atoms with van der Waals surface area (Å²) in [5, 5.41) is 0. The van der Waals surface area contributed by atoms with Gasteiger partial charge in [-0.1, -0.05) is 0 Å². The van der Waals surface area contributed by atoms with Crippen LogP contribution in [-0.2, 0) is 9.47 Å². The minimum absolute atomic E-state index is 0.0405. The van der Waals surface area contributed by atoms with Gasteiger partial charge in [0.25, 0.3) is 0 Å². The number of hydrogen-bond acceptors (Lipinski definition) is 4. The first-order valence-electron chi connectivity index (χ1n) is 5.60. The van der Waals surface area contributed by atoms with Gasteiger partial charge in [-0.15, -0.1) is 0 Å². The Bertz CT molecular complexity index is 250. The van der Waals surface area contributed by atoms with Crippen molar-refractivity contribution in [1.82, 2.24) is 4.90 Å². The molecule has 1 aliphatic heterocycles. The first-order valence-corrected chi connectivity index (χ1v) is 5.60. The lowest BCUT2D eigenvalue weighted by molar-refractivity contribution is -0.00573. The third-order valence-electron chi connectivity index (χ3n) is 2.55. The highest BCUT2D eigenvalue weighted by Crippen LogP contribution is 2.16.